The summed E-state index contributed by atoms with van der Waals surface area (Å²) in [6, 6.07) is -0.707. The summed E-state index contributed by atoms with van der Waals surface area (Å²) >= 11 is 0. The first-order chi connectivity index (χ1) is 41.9. The minimum atomic E-state index is -6.05. The predicted molar refractivity (Wildman–Crippen MR) is 338 cm³/mol. The molecule has 0 aromatic carbocycles. The average molecular weight is 1520 g/mol. The quantitative estimate of drug-likeness (QED) is 0.0599. The second-order valence-electron chi connectivity index (χ2n) is 25.3. The van der Waals surface area contributed by atoms with Gasteiger partial charge in [0.2, 0.25) is 11.8 Å². The van der Waals surface area contributed by atoms with Gasteiger partial charge in [0.15, 0.2) is 0 Å². The lowest BCUT2D eigenvalue weighted by Gasteiger charge is -2.59. The topological polar surface area (TPSA) is 326 Å². The van der Waals surface area contributed by atoms with E-state index < -0.39 is 181 Å². The molecule has 8 bridgehead atoms. The number of carbonyl (C=O) groups is 2. The maximum atomic E-state index is 12.8. The molecule has 6 heterocycles. The van der Waals surface area contributed by atoms with Gasteiger partial charge in [-0.05, 0) is 179 Å². The van der Waals surface area contributed by atoms with Crippen molar-refractivity contribution < 1.29 is 133 Å². The Morgan fingerprint density at radius 1 is 0.264 bits per heavy atom. The number of amides is 2. The summed E-state index contributed by atoms with van der Waals surface area (Å²) in [5, 5.41) is 5.69. The standard InChI is InChI=1S/C46H104N2O31Si12/c1-33(2)51-82(52-34(3)4)63-80(31-27-29-47-45(25)49)65-86(59-41(17)18)72-85(57-39(13)14,58-40(15)16)74-89(62-44(23)24)70-83(53-35(5)6,54-36(7)8)64-81(32-28-30-48-46(26)50)66-87(60-42(19)20)71-84(55-37(9)10,56-38(11)12)73-88(69-82,61-43(21)22)77-90(67-80,76-87)79-91(68-81,75-86)78-89/h33-44H,27-32H2,1-26H3,(H,47,49)(H,48,50). The molecule has 0 saturated carbocycles. The summed E-state index contributed by atoms with van der Waals surface area (Å²) < 4.78 is 212. The van der Waals surface area contributed by atoms with Crippen molar-refractivity contribution in [3.63, 3.8) is 0 Å². The van der Waals surface area contributed by atoms with E-state index in [0.717, 1.165) is 0 Å². The number of hydrogen-bond donors (Lipinski definition) is 2. The zero-order chi connectivity index (χ0) is 68.2. The van der Waals surface area contributed by atoms with Gasteiger partial charge in [-0.15, -0.1) is 0 Å². The van der Waals surface area contributed by atoms with E-state index in [1.54, 1.807) is 166 Å². The second-order valence-corrected chi connectivity index (χ2v) is 55.7. The van der Waals surface area contributed by atoms with E-state index in [2.05, 4.69) is 10.6 Å². The zero-order valence-electron chi connectivity index (χ0n) is 57.8. The Bertz CT molecular complexity index is 2190. The number of nitrogens with one attached hydrogen (secondary N) is 2. The van der Waals surface area contributed by atoms with Gasteiger partial charge in [0.05, 0.1) is 0 Å². The van der Waals surface area contributed by atoms with Crippen molar-refractivity contribution in [2.24, 2.45) is 0 Å². The van der Waals surface area contributed by atoms with Gasteiger partial charge in [-0.25, -0.2) is 0 Å². The first-order valence-corrected chi connectivity index (χ1v) is 51.6. The highest BCUT2D eigenvalue weighted by Crippen LogP contribution is 2.53. The van der Waals surface area contributed by atoms with Gasteiger partial charge in [0.25, 0.3) is 0 Å². The van der Waals surface area contributed by atoms with Crippen molar-refractivity contribution >= 4 is 120 Å². The summed E-state index contributed by atoms with van der Waals surface area (Å²) in [6.07, 6.45) is -10.1. The third-order valence-corrected chi connectivity index (χ3v) is 57.6. The van der Waals surface area contributed by atoms with Crippen LogP contribution in [0, 0.1) is 0 Å². The lowest BCUT2D eigenvalue weighted by molar-refractivity contribution is -0.156. The number of rotatable bonds is 32. The van der Waals surface area contributed by atoms with E-state index in [4.69, 9.17) is 123 Å². The molecule has 532 valence electrons. The largest absolute Gasteiger partial charge is 0.668 e. The van der Waals surface area contributed by atoms with Gasteiger partial charge >= 0.3 is 108 Å². The minimum absolute atomic E-state index is 0.0129. The van der Waals surface area contributed by atoms with Crippen LogP contribution in [0.3, 0.4) is 0 Å². The van der Waals surface area contributed by atoms with Crippen molar-refractivity contribution in [2.75, 3.05) is 13.1 Å². The van der Waals surface area contributed by atoms with Crippen molar-refractivity contribution in [3.05, 3.63) is 0 Å². The van der Waals surface area contributed by atoms with Gasteiger partial charge in [-0.1, -0.05) is 0 Å². The first kappa shape index (κ1) is 80.4. The Balaban J connectivity index is 1.98. The van der Waals surface area contributed by atoms with E-state index in [-0.39, 0.29) is 49.8 Å². The fourth-order valence-electron chi connectivity index (χ4n) is 9.23. The number of hydrogen-bond acceptors (Lipinski definition) is 31. The molecule has 2 N–H and O–H groups in total. The molecule has 0 aromatic heterocycles. The van der Waals surface area contributed by atoms with Crippen LogP contribution in [0.1, 0.15) is 193 Å². The summed E-state index contributed by atoms with van der Waals surface area (Å²) in [6.45, 7) is 43.6. The molecule has 33 nitrogen and oxygen atoms in total. The fraction of sp³-hybridized carbons (Fsp3) is 0.957. The van der Waals surface area contributed by atoms with E-state index >= 15 is 0 Å². The molecule has 2 spiro atoms. The van der Waals surface area contributed by atoms with Gasteiger partial charge < -0.3 is 134 Å². The van der Waals surface area contributed by atoms with Gasteiger partial charge in [0.1, 0.15) is 0 Å². The molecule has 8 atom stereocenters. The zero-order valence-corrected chi connectivity index (χ0v) is 69.8. The molecule has 8 unspecified atom stereocenters. The number of carbonyl (C=O) groups excluding carboxylic acids is 2. The van der Waals surface area contributed by atoms with Crippen LogP contribution < -0.4 is 10.6 Å². The van der Waals surface area contributed by atoms with E-state index in [1.807, 2.05) is 0 Å². The SMILES string of the molecule is CC(=O)NCCC[Si]12O[Si](OC(C)C)(OC(C)C)O[Si]3(OC(C)C)O[Si](OC(C)C)(OC(C)C)O[Si]4(OC(C)C)O[Si]5(CCCNC(C)=O)O[Si](OC(C)C)(OC(C)C)O[Si]6(OC(C)C)O[Si](OC(C)C)(OC(C)C)O[Si](OC(C)C)(O1)O[Si](O5)(O6)O[Si](O2)(O4)O3. The Morgan fingerprint density at radius 2 is 0.462 bits per heavy atom. The van der Waals surface area contributed by atoms with Crippen molar-refractivity contribution in [1.82, 2.24) is 10.6 Å². The molecule has 0 aliphatic carbocycles. The van der Waals surface area contributed by atoms with Gasteiger partial charge in [-0.3, -0.25) is 9.59 Å². The van der Waals surface area contributed by atoms with Gasteiger partial charge in [-0.2, -0.15) is 0 Å². The molecular weight excluding hydrogens is 1410 g/mol. The molecular formula is C46H104N2O31Si12. The minimum Gasteiger partial charge on any atom is -0.356 e. The first-order valence-electron chi connectivity index (χ1n) is 31.4. The molecule has 6 aliphatic heterocycles. The molecule has 6 rings (SSSR count). The van der Waals surface area contributed by atoms with Crippen LogP contribution in [0.4, 0.5) is 0 Å². The molecule has 91 heavy (non-hydrogen) atoms. The molecule has 6 aliphatic rings. The third kappa shape index (κ3) is 22.2. The Hall–Kier alpha value is 0.383. The van der Waals surface area contributed by atoms with Gasteiger partial charge in [0, 0.05) is 112 Å². The van der Waals surface area contributed by atoms with Crippen molar-refractivity contribution in [3.8, 4) is 0 Å². The highest BCUT2D eigenvalue weighted by Gasteiger charge is 2.91. The van der Waals surface area contributed by atoms with Crippen molar-refractivity contribution in [2.45, 2.75) is 278 Å². The predicted octanol–water partition coefficient (Wildman–Crippen LogP) is 5.74. The Labute approximate surface area is 551 Å². The van der Waals surface area contributed by atoms with Crippen LogP contribution in [0.25, 0.3) is 0 Å². The second kappa shape index (κ2) is 31.5. The highest BCUT2D eigenvalue weighted by molar-refractivity contribution is 7.00. The third-order valence-electron chi connectivity index (χ3n) is 11.1. The summed E-state index contributed by atoms with van der Waals surface area (Å²) in [7, 11) is -66.6. The van der Waals surface area contributed by atoms with Crippen LogP contribution in [0.15, 0.2) is 0 Å². The highest BCUT2D eigenvalue weighted by atomic mass is 28.7. The fourth-order valence-corrected chi connectivity index (χ4v) is 66.5. The molecule has 6 saturated heterocycles. The monoisotopic (exact) mass is 1520 g/mol. The van der Waals surface area contributed by atoms with E-state index in [1.165, 1.54) is 13.8 Å². The lowest BCUT2D eigenvalue weighted by atomic mass is 10.5. The van der Waals surface area contributed by atoms with Crippen LogP contribution in [-0.2, 0) is 133 Å². The van der Waals surface area contributed by atoms with Crippen LogP contribution >= 0.6 is 0 Å². The normalized spacial score (nSPS) is 33.0. The lowest BCUT2D eigenvalue weighted by Crippen LogP contribution is -2.90. The average Bonchev–Trinajstić information content (AvgIpc) is 0.688. The smallest absolute Gasteiger partial charge is 0.356 e. The van der Waals surface area contributed by atoms with Crippen molar-refractivity contribution in [1.29, 1.82) is 0 Å². The maximum absolute atomic E-state index is 12.8. The van der Waals surface area contributed by atoms with E-state index in [9.17, 15) is 9.59 Å². The number of fused-ring (bicyclic) bond motifs is 6. The summed E-state index contributed by atoms with van der Waals surface area (Å²) in [4.78, 5) is 25.5. The Kier molecular flexibility index (Phi) is 27.8. The summed E-state index contributed by atoms with van der Waals surface area (Å²) in [5.74, 6) is -0.722. The maximum Gasteiger partial charge on any atom is 0.668 e. The molecule has 0 radical (unpaired) electrons. The van der Waals surface area contributed by atoms with Crippen LogP contribution in [-0.4, -0.2) is 206 Å². The molecule has 45 heteroatoms. The summed E-state index contributed by atoms with van der Waals surface area (Å²) in [5.41, 5.74) is 0. The molecule has 6 fully saturated rings. The molecule has 0 aromatic rings. The van der Waals surface area contributed by atoms with Crippen LogP contribution in [0.5, 0.6) is 0 Å². The Morgan fingerprint density at radius 3 is 0.659 bits per heavy atom. The molecule has 2 amide bonds. The van der Waals surface area contributed by atoms with Crippen LogP contribution in [0.2, 0.25) is 12.1 Å². The van der Waals surface area contributed by atoms with E-state index in [0.29, 0.717) is 0 Å².